The summed E-state index contributed by atoms with van der Waals surface area (Å²) in [6.45, 7) is 2.09. The van der Waals surface area contributed by atoms with Crippen molar-refractivity contribution in [3.05, 3.63) is 65.2 Å². The second-order valence-electron chi connectivity index (χ2n) is 4.53. The van der Waals surface area contributed by atoms with Crippen LogP contribution in [0.3, 0.4) is 0 Å². The van der Waals surface area contributed by atoms with E-state index in [0.29, 0.717) is 5.11 Å². The third kappa shape index (κ3) is 1.97. The highest BCUT2D eigenvalue weighted by Crippen LogP contribution is 2.32. The number of fused-ring (bicyclic) bond motifs is 1. The van der Waals surface area contributed by atoms with Gasteiger partial charge in [0, 0.05) is 11.3 Å². The molecular weight excluding hydrogens is 240 g/mol. The number of anilines is 1. The predicted octanol–water partition coefficient (Wildman–Crippen LogP) is 3.38. The van der Waals surface area contributed by atoms with Crippen LogP contribution in [0.4, 0.5) is 5.69 Å². The molecule has 1 aliphatic heterocycles. The summed E-state index contributed by atoms with van der Waals surface area (Å²) >= 11 is 5.28. The Kier molecular flexibility index (Phi) is 2.76. The molecule has 0 spiro atoms. The minimum Gasteiger partial charge on any atom is -0.351 e. The molecule has 0 saturated carbocycles. The Morgan fingerprint density at radius 2 is 1.83 bits per heavy atom. The number of rotatable bonds is 1. The molecule has 1 atom stereocenters. The summed E-state index contributed by atoms with van der Waals surface area (Å²) in [7, 11) is 0. The van der Waals surface area contributed by atoms with E-state index in [1.54, 1.807) is 0 Å². The van der Waals surface area contributed by atoms with Crippen LogP contribution in [0, 0.1) is 6.92 Å². The molecule has 0 fully saturated rings. The van der Waals surface area contributed by atoms with Crippen LogP contribution in [-0.2, 0) is 0 Å². The maximum absolute atomic E-state index is 5.28. The van der Waals surface area contributed by atoms with Crippen molar-refractivity contribution in [1.82, 2.24) is 5.32 Å². The molecule has 1 heterocycles. The van der Waals surface area contributed by atoms with E-state index >= 15 is 0 Å². The maximum Gasteiger partial charge on any atom is 0.171 e. The van der Waals surface area contributed by atoms with E-state index in [4.69, 9.17) is 12.2 Å². The molecule has 0 saturated heterocycles. The quantitative estimate of drug-likeness (QED) is 0.763. The SMILES string of the molecule is Cc1ccc2c(c1)NC(=S)NC2c1ccccc1. The Labute approximate surface area is 112 Å². The van der Waals surface area contributed by atoms with Crippen molar-refractivity contribution < 1.29 is 0 Å². The Morgan fingerprint density at radius 1 is 1.06 bits per heavy atom. The molecule has 1 aliphatic rings. The van der Waals surface area contributed by atoms with Crippen LogP contribution in [-0.4, -0.2) is 5.11 Å². The molecule has 1 unspecified atom stereocenters. The van der Waals surface area contributed by atoms with Crippen LogP contribution < -0.4 is 10.6 Å². The highest BCUT2D eigenvalue weighted by molar-refractivity contribution is 7.80. The molecule has 3 heteroatoms. The van der Waals surface area contributed by atoms with Gasteiger partial charge in [-0.2, -0.15) is 0 Å². The molecule has 90 valence electrons. The lowest BCUT2D eigenvalue weighted by molar-refractivity contribution is 0.757. The first-order valence-corrected chi connectivity index (χ1v) is 6.38. The molecule has 0 bridgehead atoms. The Morgan fingerprint density at radius 3 is 2.61 bits per heavy atom. The Balaban J connectivity index is 2.10. The van der Waals surface area contributed by atoms with E-state index in [9.17, 15) is 0 Å². The molecule has 0 radical (unpaired) electrons. The maximum atomic E-state index is 5.28. The first-order valence-electron chi connectivity index (χ1n) is 5.97. The molecule has 18 heavy (non-hydrogen) atoms. The number of aryl methyl sites for hydroxylation is 1. The lowest BCUT2D eigenvalue weighted by Crippen LogP contribution is -2.38. The summed E-state index contributed by atoms with van der Waals surface area (Å²) in [5.41, 5.74) is 4.80. The highest BCUT2D eigenvalue weighted by atomic mass is 32.1. The summed E-state index contributed by atoms with van der Waals surface area (Å²) in [5, 5.41) is 7.23. The molecule has 2 aromatic rings. The van der Waals surface area contributed by atoms with Crippen LogP contribution in [0.1, 0.15) is 22.7 Å². The summed E-state index contributed by atoms with van der Waals surface area (Å²) in [4.78, 5) is 0. The second-order valence-corrected chi connectivity index (χ2v) is 4.94. The van der Waals surface area contributed by atoms with Gasteiger partial charge in [-0.15, -0.1) is 0 Å². The van der Waals surface area contributed by atoms with Gasteiger partial charge in [0.2, 0.25) is 0 Å². The topological polar surface area (TPSA) is 24.1 Å². The third-order valence-corrected chi connectivity index (χ3v) is 3.40. The van der Waals surface area contributed by atoms with Gasteiger partial charge in [0.1, 0.15) is 0 Å². The molecule has 0 amide bonds. The highest BCUT2D eigenvalue weighted by Gasteiger charge is 2.23. The van der Waals surface area contributed by atoms with Crippen molar-refractivity contribution in [2.24, 2.45) is 0 Å². The first kappa shape index (κ1) is 11.2. The van der Waals surface area contributed by atoms with Crippen LogP contribution in [0.5, 0.6) is 0 Å². The van der Waals surface area contributed by atoms with E-state index in [-0.39, 0.29) is 6.04 Å². The van der Waals surface area contributed by atoms with Crippen molar-refractivity contribution in [2.75, 3.05) is 5.32 Å². The van der Waals surface area contributed by atoms with Gasteiger partial charge in [-0.1, -0.05) is 42.5 Å². The van der Waals surface area contributed by atoms with Crippen molar-refractivity contribution in [3.63, 3.8) is 0 Å². The van der Waals surface area contributed by atoms with E-state index in [0.717, 1.165) is 5.69 Å². The minimum atomic E-state index is 0.135. The number of nitrogens with one attached hydrogen (secondary N) is 2. The summed E-state index contributed by atoms with van der Waals surface area (Å²) in [6.07, 6.45) is 0. The second kappa shape index (κ2) is 4.42. The van der Waals surface area contributed by atoms with Gasteiger partial charge in [-0.25, -0.2) is 0 Å². The van der Waals surface area contributed by atoms with Gasteiger partial charge in [-0.05, 0) is 36.3 Å². The molecule has 2 aromatic carbocycles. The van der Waals surface area contributed by atoms with E-state index < -0.39 is 0 Å². The number of hydrogen-bond donors (Lipinski definition) is 2. The lowest BCUT2D eigenvalue weighted by atomic mass is 9.95. The monoisotopic (exact) mass is 254 g/mol. The van der Waals surface area contributed by atoms with Crippen molar-refractivity contribution in [1.29, 1.82) is 0 Å². The van der Waals surface area contributed by atoms with Gasteiger partial charge < -0.3 is 10.6 Å². The smallest absolute Gasteiger partial charge is 0.171 e. The van der Waals surface area contributed by atoms with Crippen molar-refractivity contribution >= 4 is 23.0 Å². The number of benzene rings is 2. The minimum absolute atomic E-state index is 0.135. The third-order valence-electron chi connectivity index (χ3n) is 3.18. The van der Waals surface area contributed by atoms with Crippen LogP contribution >= 0.6 is 12.2 Å². The van der Waals surface area contributed by atoms with Gasteiger partial charge in [0.15, 0.2) is 5.11 Å². The summed E-state index contributed by atoms with van der Waals surface area (Å²) in [6, 6.07) is 16.9. The van der Waals surface area contributed by atoms with Crippen molar-refractivity contribution in [2.45, 2.75) is 13.0 Å². The van der Waals surface area contributed by atoms with E-state index in [1.807, 2.05) is 6.07 Å². The summed E-state index contributed by atoms with van der Waals surface area (Å²) in [5.74, 6) is 0. The number of hydrogen-bond acceptors (Lipinski definition) is 1. The number of thiocarbonyl (C=S) groups is 1. The molecule has 0 aliphatic carbocycles. The average Bonchev–Trinajstić information content (AvgIpc) is 2.38. The molecule has 2 nitrogen and oxygen atoms in total. The lowest BCUT2D eigenvalue weighted by Gasteiger charge is -2.29. The van der Waals surface area contributed by atoms with Crippen LogP contribution in [0.25, 0.3) is 0 Å². The average molecular weight is 254 g/mol. The molecule has 3 rings (SSSR count). The molecule has 2 N–H and O–H groups in total. The van der Waals surface area contributed by atoms with Crippen molar-refractivity contribution in [3.8, 4) is 0 Å². The van der Waals surface area contributed by atoms with Crippen LogP contribution in [0.2, 0.25) is 0 Å². The standard InChI is InChI=1S/C15H14N2S/c1-10-7-8-12-13(9-10)16-15(18)17-14(12)11-5-3-2-4-6-11/h2-9,14H,1H3,(H2,16,17,18). The first-order chi connectivity index (χ1) is 8.74. The van der Waals surface area contributed by atoms with E-state index in [2.05, 4.69) is 60.0 Å². The van der Waals surface area contributed by atoms with Crippen LogP contribution in [0.15, 0.2) is 48.5 Å². The largest absolute Gasteiger partial charge is 0.351 e. The fourth-order valence-corrected chi connectivity index (χ4v) is 2.53. The fourth-order valence-electron chi connectivity index (χ4n) is 2.31. The predicted molar refractivity (Wildman–Crippen MR) is 78.8 cm³/mol. The zero-order valence-electron chi connectivity index (χ0n) is 10.1. The molecular formula is C15H14N2S. The van der Waals surface area contributed by atoms with Gasteiger partial charge in [-0.3, -0.25) is 0 Å². The fraction of sp³-hybridized carbons (Fsp3) is 0.133. The van der Waals surface area contributed by atoms with E-state index in [1.165, 1.54) is 16.7 Å². The Bertz CT molecular complexity index is 593. The molecule has 0 aromatic heterocycles. The summed E-state index contributed by atoms with van der Waals surface area (Å²) < 4.78 is 0. The van der Waals surface area contributed by atoms with Gasteiger partial charge >= 0.3 is 0 Å². The zero-order valence-corrected chi connectivity index (χ0v) is 10.9. The zero-order chi connectivity index (χ0) is 12.5. The van der Waals surface area contributed by atoms with Gasteiger partial charge in [0.05, 0.1) is 6.04 Å². The Hall–Kier alpha value is -1.87. The van der Waals surface area contributed by atoms with Gasteiger partial charge in [0.25, 0.3) is 0 Å². The normalized spacial score (nSPS) is 17.6.